The Labute approximate surface area is 114 Å². The van der Waals surface area contributed by atoms with Crippen LogP contribution in [0.3, 0.4) is 0 Å². The highest BCUT2D eigenvalue weighted by Gasteiger charge is 2.35. The third-order valence-electron chi connectivity index (χ3n) is 3.13. The van der Waals surface area contributed by atoms with Gasteiger partial charge in [0.05, 0.1) is 18.8 Å². The van der Waals surface area contributed by atoms with Gasteiger partial charge in [-0.1, -0.05) is 0 Å². The van der Waals surface area contributed by atoms with Crippen molar-refractivity contribution in [2.24, 2.45) is 0 Å². The van der Waals surface area contributed by atoms with E-state index in [0.717, 1.165) is 4.47 Å². The van der Waals surface area contributed by atoms with Crippen molar-refractivity contribution in [1.82, 2.24) is 9.88 Å². The molecule has 1 N–H and O–H groups in total. The number of nitrogens with zero attached hydrogens (tertiary/aromatic N) is 2. The van der Waals surface area contributed by atoms with Gasteiger partial charge in [0, 0.05) is 24.3 Å². The maximum Gasteiger partial charge on any atom is 0.272 e. The highest BCUT2D eigenvalue weighted by Crippen LogP contribution is 2.21. The number of amides is 1. The van der Waals surface area contributed by atoms with Gasteiger partial charge in [-0.15, -0.1) is 0 Å². The molecule has 0 unspecified atom stereocenters. The van der Waals surface area contributed by atoms with Gasteiger partial charge in [-0.3, -0.25) is 4.79 Å². The first-order chi connectivity index (χ1) is 8.65. The van der Waals surface area contributed by atoms with E-state index in [9.17, 15) is 9.90 Å². The third kappa shape index (κ3) is 2.71. The number of methoxy groups -OCH3 is 1. The van der Waals surface area contributed by atoms with Crippen LogP contribution in [0.15, 0.2) is 22.8 Å². The Morgan fingerprint density at radius 3 is 3.00 bits per heavy atom. The minimum atomic E-state index is -0.187. The third-order valence-corrected chi connectivity index (χ3v) is 3.60. The molecule has 0 saturated carbocycles. The summed E-state index contributed by atoms with van der Waals surface area (Å²) >= 11 is 3.28. The SMILES string of the molecule is CO[C@@H]1C[C@@H](CO)N(C(=O)c2ccc(Br)cn2)C1. The summed E-state index contributed by atoms with van der Waals surface area (Å²) in [5, 5.41) is 9.31. The van der Waals surface area contributed by atoms with Crippen LogP contribution in [0.5, 0.6) is 0 Å². The Bertz CT molecular complexity index is 424. The predicted octanol–water partition coefficient (Wildman–Crippen LogP) is 1.07. The molecule has 6 heteroatoms. The zero-order valence-corrected chi connectivity index (χ0v) is 11.6. The number of hydrogen-bond donors (Lipinski definition) is 1. The van der Waals surface area contributed by atoms with Gasteiger partial charge >= 0.3 is 0 Å². The normalized spacial score (nSPS) is 23.4. The molecule has 1 aromatic heterocycles. The zero-order chi connectivity index (χ0) is 13.1. The van der Waals surface area contributed by atoms with Crippen molar-refractivity contribution < 1.29 is 14.6 Å². The van der Waals surface area contributed by atoms with Crippen molar-refractivity contribution in [2.75, 3.05) is 20.3 Å². The number of aromatic nitrogens is 1. The number of aliphatic hydroxyl groups excluding tert-OH is 1. The first-order valence-electron chi connectivity index (χ1n) is 5.72. The summed E-state index contributed by atoms with van der Waals surface area (Å²) in [4.78, 5) is 18.0. The molecule has 1 aliphatic heterocycles. The van der Waals surface area contributed by atoms with Crippen LogP contribution in [0.4, 0.5) is 0 Å². The fourth-order valence-corrected chi connectivity index (χ4v) is 2.35. The molecule has 0 spiro atoms. The lowest BCUT2D eigenvalue weighted by atomic mass is 10.2. The number of aliphatic hydroxyl groups is 1. The van der Waals surface area contributed by atoms with E-state index in [-0.39, 0.29) is 24.7 Å². The van der Waals surface area contributed by atoms with E-state index in [1.54, 1.807) is 30.3 Å². The maximum absolute atomic E-state index is 12.3. The number of carbonyl (C=O) groups is 1. The Kier molecular flexibility index (Phi) is 4.31. The predicted molar refractivity (Wildman–Crippen MR) is 69.3 cm³/mol. The number of ether oxygens (including phenoxy) is 1. The van der Waals surface area contributed by atoms with Crippen LogP contribution in [-0.2, 0) is 4.74 Å². The molecule has 2 atom stereocenters. The molecule has 5 nitrogen and oxygen atoms in total. The first kappa shape index (κ1) is 13.5. The fraction of sp³-hybridized carbons (Fsp3) is 0.500. The summed E-state index contributed by atoms with van der Waals surface area (Å²) in [7, 11) is 1.62. The second kappa shape index (κ2) is 5.77. The van der Waals surface area contributed by atoms with E-state index in [1.165, 1.54) is 0 Å². The van der Waals surface area contributed by atoms with E-state index in [4.69, 9.17) is 4.74 Å². The van der Waals surface area contributed by atoms with Crippen LogP contribution in [0.25, 0.3) is 0 Å². The molecule has 18 heavy (non-hydrogen) atoms. The second-order valence-corrected chi connectivity index (χ2v) is 5.16. The van der Waals surface area contributed by atoms with Gasteiger partial charge in [0.1, 0.15) is 5.69 Å². The van der Waals surface area contributed by atoms with E-state index in [2.05, 4.69) is 20.9 Å². The van der Waals surface area contributed by atoms with Crippen LogP contribution < -0.4 is 0 Å². The number of halogens is 1. The van der Waals surface area contributed by atoms with Gasteiger partial charge in [-0.25, -0.2) is 4.98 Å². The number of hydrogen-bond acceptors (Lipinski definition) is 4. The van der Waals surface area contributed by atoms with Crippen molar-refractivity contribution in [3.63, 3.8) is 0 Å². The van der Waals surface area contributed by atoms with Gasteiger partial charge in [-0.05, 0) is 34.5 Å². The molecular formula is C12H15BrN2O3. The average Bonchev–Trinajstić information content (AvgIpc) is 2.82. The van der Waals surface area contributed by atoms with Gasteiger partial charge in [0.2, 0.25) is 0 Å². The van der Waals surface area contributed by atoms with E-state index >= 15 is 0 Å². The summed E-state index contributed by atoms with van der Waals surface area (Å²) < 4.78 is 6.07. The van der Waals surface area contributed by atoms with Gasteiger partial charge in [-0.2, -0.15) is 0 Å². The van der Waals surface area contributed by atoms with Crippen molar-refractivity contribution in [3.8, 4) is 0 Å². The smallest absolute Gasteiger partial charge is 0.272 e. The molecule has 2 rings (SSSR count). The Hall–Kier alpha value is -0.980. The van der Waals surface area contributed by atoms with Gasteiger partial charge < -0.3 is 14.7 Å². The summed E-state index contributed by atoms with van der Waals surface area (Å²) in [6, 6.07) is 3.26. The number of rotatable bonds is 3. The molecule has 1 saturated heterocycles. The standard InChI is InChI=1S/C12H15BrN2O3/c1-18-10-4-9(7-16)15(6-10)12(17)11-3-2-8(13)5-14-11/h2-3,5,9-10,16H,4,6-7H2,1H3/t9-,10+/m0/s1. The Morgan fingerprint density at radius 1 is 1.67 bits per heavy atom. The molecule has 1 aliphatic rings. The maximum atomic E-state index is 12.3. The van der Waals surface area contributed by atoms with Gasteiger partial charge in [0.25, 0.3) is 5.91 Å². The molecule has 2 heterocycles. The largest absolute Gasteiger partial charge is 0.394 e. The first-order valence-corrected chi connectivity index (χ1v) is 6.51. The molecule has 0 aliphatic carbocycles. The van der Waals surface area contributed by atoms with Crippen LogP contribution in [0.1, 0.15) is 16.9 Å². The minimum Gasteiger partial charge on any atom is -0.394 e. The lowest BCUT2D eigenvalue weighted by Crippen LogP contribution is -2.38. The van der Waals surface area contributed by atoms with Crippen molar-refractivity contribution >= 4 is 21.8 Å². The molecular weight excluding hydrogens is 300 g/mol. The molecule has 0 radical (unpaired) electrons. The molecule has 1 aromatic rings. The van der Waals surface area contributed by atoms with Crippen LogP contribution in [-0.4, -0.2) is 53.3 Å². The Morgan fingerprint density at radius 2 is 2.44 bits per heavy atom. The number of likely N-dealkylation sites (tertiary alicyclic amines) is 1. The lowest BCUT2D eigenvalue weighted by Gasteiger charge is -2.22. The van der Waals surface area contributed by atoms with E-state index < -0.39 is 0 Å². The topological polar surface area (TPSA) is 62.7 Å². The van der Waals surface area contributed by atoms with Crippen molar-refractivity contribution in [3.05, 3.63) is 28.5 Å². The summed E-state index contributed by atoms with van der Waals surface area (Å²) in [5.74, 6) is -0.166. The van der Waals surface area contributed by atoms with Gasteiger partial charge in [0.15, 0.2) is 0 Å². The lowest BCUT2D eigenvalue weighted by molar-refractivity contribution is 0.0642. The van der Waals surface area contributed by atoms with Crippen molar-refractivity contribution in [2.45, 2.75) is 18.6 Å². The number of carbonyl (C=O) groups excluding carboxylic acids is 1. The molecule has 1 amide bonds. The summed E-state index contributed by atoms with van der Waals surface area (Å²) in [5.41, 5.74) is 0.383. The molecule has 1 fully saturated rings. The highest BCUT2D eigenvalue weighted by molar-refractivity contribution is 9.10. The minimum absolute atomic E-state index is 0.0125. The van der Waals surface area contributed by atoms with Crippen LogP contribution in [0.2, 0.25) is 0 Å². The fourth-order valence-electron chi connectivity index (χ4n) is 2.12. The summed E-state index contributed by atoms with van der Waals surface area (Å²) in [6.07, 6.45) is 2.24. The number of pyridine rings is 1. The van der Waals surface area contributed by atoms with Crippen LogP contribution in [0, 0.1) is 0 Å². The summed E-state index contributed by atoms with van der Waals surface area (Å²) in [6.45, 7) is 0.445. The Balaban J connectivity index is 2.15. The van der Waals surface area contributed by atoms with Crippen LogP contribution >= 0.6 is 15.9 Å². The average molecular weight is 315 g/mol. The monoisotopic (exact) mass is 314 g/mol. The molecule has 98 valence electrons. The molecule has 0 bridgehead atoms. The molecule has 0 aromatic carbocycles. The quantitative estimate of drug-likeness (QED) is 0.906. The van der Waals surface area contributed by atoms with Crippen molar-refractivity contribution in [1.29, 1.82) is 0 Å². The second-order valence-electron chi connectivity index (χ2n) is 4.25. The van der Waals surface area contributed by atoms with E-state index in [0.29, 0.717) is 18.7 Å². The highest BCUT2D eigenvalue weighted by atomic mass is 79.9. The zero-order valence-electron chi connectivity index (χ0n) is 10.0. The van der Waals surface area contributed by atoms with E-state index in [1.807, 2.05) is 0 Å².